The zero-order valence-corrected chi connectivity index (χ0v) is 23.0. The summed E-state index contributed by atoms with van der Waals surface area (Å²) >= 11 is 0. The van der Waals surface area contributed by atoms with Crippen LogP contribution < -0.4 is 16.0 Å². The molecule has 3 N–H and O–H groups in total. The Balaban J connectivity index is 1.80. The number of carbonyl (C=O) groups is 4. The predicted molar refractivity (Wildman–Crippen MR) is 148 cm³/mol. The van der Waals surface area contributed by atoms with E-state index in [1.165, 1.54) is 23.1 Å². The summed E-state index contributed by atoms with van der Waals surface area (Å²) in [6, 6.07) is 9.24. The topological polar surface area (TPSA) is 113 Å². The standard InChI is InChI=1S/C30H37FN4O4/c1-18(2)20-11-10-12-21(19(3)4)26(20)33-27(37)24(17-25(32)36)34-28(38)30(15-8-5-9-16-30)35(29(34)39)23-14-7-6-13-22(23)31/h6-7,10-14,18-19,24H,5,8-9,15-17H2,1-4H3,(H2,32,36)(H,33,37). The van der Waals surface area contributed by atoms with Crippen LogP contribution in [0.15, 0.2) is 42.5 Å². The number of hydrogen-bond acceptors (Lipinski definition) is 4. The summed E-state index contributed by atoms with van der Waals surface area (Å²) in [6.45, 7) is 8.01. The van der Waals surface area contributed by atoms with Crippen LogP contribution in [0.5, 0.6) is 0 Å². The minimum Gasteiger partial charge on any atom is -0.370 e. The van der Waals surface area contributed by atoms with Crippen molar-refractivity contribution in [2.45, 2.75) is 89.6 Å². The number of nitrogens with two attached hydrogens (primary N) is 1. The molecule has 1 aliphatic carbocycles. The first-order valence-corrected chi connectivity index (χ1v) is 13.6. The van der Waals surface area contributed by atoms with Gasteiger partial charge in [0.2, 0.25) is 11.8 Å². The van der Waals surface area contributed by atoms with Crippen LogP contribution in [0.2, 0.25) is 0 Å². The summed E-state index contributed by atoms with van der Waals surface area (Å²) in [5.41, 5.74) is 6.57. The molecule has 1 atom stereocenters. The first kappa shape index (κ1) is 28.3. The number of halogens is 1. The highest BCUT2D eigenvalue weighted by molar-refractivity contribution is 6.19. The average molecular weight is 537 g/mol. The number of nitrogens with one attached hydrogen (secondary N) is 1. The Labute approximate surface area is 228 Å². The van der Waals surface area contributed by atoms with Crippen LogP contribution in [0.1, 0.15) is 89.2 Å². The van der Waals surface area contributed by atoms with Gasteiger partial charge < -0.3 is 11.1 Å². The Morgan fingerprint density at radius 2 is 1.54 bits per heavy atom. The highest BCUT2D eigenvalue weighted by Gasteiger charge is 2.60. The summed E-state index contributed by atoms with van der Waals surface area (Å²) in [4.78, 5) is 56.2. The number of carbonyl (C=O) groups excluding carboxylic acids is 4. The fourth-order valence-electron chi connectivity index (χ4n) is 5.91. The molecule has 1 heterocycles. The van der Waals surface area contributed by atoms with Crippen LogP contribution in [0.4, 0.5) is 20.6 Å². The van der Waals surface area contributed by atoms with E-state index in [0.717, 1.165) is 22.4 Å². The van der Waals surface area contributed by atoms with E-state index in [2.05, 4.69) is 5.32 Å². The summed E-state index contributed by atoms with van der Waals surface area (Å²) in [7, 11) is 0. The van der Waals surface area contributed by atoms with Crippen molar-refractivity contribution in [3.8, 4) is 0 Å². The van der Waals surface area contributed by atoms with Gasteiger partial charge in [-0.2, -0.15) is 0 Å². The highest BCUT2D eigenvalue weighted by Crippen LogP contribution is 2.45. The van der Waals surface area contributed by atoms with Crippen molar-refractivity contribution < 1.29 is 23.6 Å². The van der Waals surface area contributed by atoms with Crippen molar-refractivity contribution in [2.75, 3.05) is 10.2 Å². The predicted octanol–water partition coefficient (Wildman–Crippen LogP) is 5.43. The lowest BCUT2D eigenvalue weighted by Crippen LogP contribution is -2.53. The van der Waals surface area contributed by atoms with Crippen LogP contribution >= 0.6 is 0 Å². The Bertz CT molecular complexity index is 1260. The molecule has 1 unspecified atom stereocenters. The van der Waals surface area contributed by atoms with Crippen LogP contribution in [-0.4, -0.2) is 40.2 Å². The average Bonchev–Trinajstić information content (AvgIpc) is 3.08. The van der Waals surface area contributed by atoms with Crippen molar-refractivity contribution in [1.29, 1.82) is 0 Å². The Hall–Kier alpha value is -3.75. The van der Waals surface area contributed by atoms with E-state index in [1.54, 1.807) is 6.07 Å². The van der Waals surface area contributed by atoms with E-state index in [4.69, 9.17) is 5.73 Å². The van der Waals surface area contributed by atoms with E-state index >= 15 is 4.39 Å². The molecule has 1 saturated heterocycles. The van der Waals surface area contributed by atoms with E-state index < -0.39 is 47.6 Å². The molecule has 0 aromatic heterocycles. The molecule has 2 aromatic carbocycles. The third kappa shape index (κ3) is 5.14. The molecule has 5 amide bonds. The smallest absolute Gasteiger partial charge is 0.333 e. The van der Waals surface area contributed by atoms with Gasteiger partial charge in [-0.3, -0.25) is 19.3 Å². The van der Waals surface area contributed by atoms with Gasteiger partial charge in [0.15, 0.2) is 0 Å². The summed E-state index contributed by atoms with van der Waals surface area (Å²) in [5, 5.41) is 2.94. The third-order valence-corrected chi connectivity index (χ3v) is 7.85. The SMILES string of the molecule is CC(C)c1cccc(C(C)C)c1NC(=O)C(CC(N)=O)N1C(=O)N(c2ccccc2F)C2(CCCCC2)C1=O. The van der Waals surface area contributed by atoms with Crippen molar-refractivity contribution in [2.24, 2.45) is 5.73 Å². The maximum atomic E-state index is 15.0. The van der Waals surface area contributed by atoms with Crippen LogP contribution in [0.25, 0.3) is 0 Å². The van der Waals surface area contributed by atoms with E-state index in [0.29, 0.717) is 31.4 Å². The van der Waals surface area contributed by atoms with Gasteiger partial charge in [-0.25, -0.2) is 14.1 Å². The first-order valence-electron chi connectivity index (χ1n) is 13.6. The number of hydrogen-bond donors (Lipinski definition) is 2. The molecule has 2 fully saturated rings. The molecule has 9 heteroatoms. The lowest BCUT2D eigenvalue weighted by atomic mass is 9.80. The zero-order chi connectivity index (χ0) is 28.5. The molecular formula is C30H37FN4O4. The maximum Gasteiger partial charge on any atom is 0.333 e. The second kappa shape index (κ2) is 11.2. The van der Waals surface area contributed by atoms with Gasteiger partial charge in [0, 0.05) is 5.69 Å². The van der Waals surface area contributed by atoms with Crippen LogP contribution in [0, 0.1) is 5.82 Å². The summed E-state index contributed by atoms with van der Waals surface area (Å²) in [6.07, 6.45) is 2.34. The number of benzene rings is 2. The lowest BCUT2D eigenvalue weighted by Gasteiger charge is -2.38. The van der Waals surface area contributed by atoms with Crippen molar-refractivity contribution in [3.63, 3.8) is 0 Å². The highest BCUT2D eigenvalue weighted by atomic mass is 19.1. The van der Waals surface area contributed by atoms with Crippen LogP contribution in [-0.2, 0) is 14.4 Å². The molecule has 4 rings (SSSR count). The second-order valence-electron chi connectivity index (χ2n) is 11.1. The second-order valence-corrected chi connectivity index (χ2v) is 11.1. The molecule has 39 heavy (non-hydrogen) atoms. The Morgan fingerprint density at radius 1 is 0.949 bits per heavy atom. The van der Waals surface area contributed by atoms with Gasteiger partial charge >= 0.3 is 6.03 Å². The van der Waals surface area contributed by atoms with Gasteiger partial charge in [0.25, 0.3) is 5.91 Å². The molecule has 2 aromatic rings. The molecule has 1 spiro atoms. The van der Waals surface area contributed by atoms with Crippen molar-refractivity contribution >= 4 is 35.1 Å². The number of primary amides is 1. The quantitative estimate of drug-likeness (QED) is 0.438. The summed E-state index contributed by atoms with van der Waals surface area (Å²) < 4.78 is 15.0. The Morgan fingerprint density at radius 3 is 2.08 bits per heavy atom. The molecule has 208 valence electrons. The number of anilines is 2. The largest absolute Gasteiger partial charge is 0.370 e. The number of para-hydroxylation sites is 2. The number of nitrogens with zero attached hydrogens (tertiary/aromatic N) is 2. The normalized spacial score (nSPS) is 17.8. The van der Waals surface area contributed by atoms with E-state index in [-0.39, 0.29) is 17.5 Å². The number of rotatable bonds is 8. The van der Waals surface area contributed by atoms with Gasteiger partial charge in [0.05, 0.1) is 12.1 Å². The molecule has 1 saturated carbocycles. The van der Waals surface area contributed by atoms with E-state index in [1.807, 2.05) is 45.9 Å². The zero-order valence-electron chi connectivity index (χ0n) is 23.0. The van der Waals surface area contributed by atoms with Gasteiger partial charge in [-0.1, -0.05) is 77.3 Å². The van der Waals surface area contributed by atoms with Crippen molar-refractivity contribution in [3.05, 3.63) is 59.4 Å². The maximum absolute atomic E-state index is 15.0. The van der Waals surface area contributed by atoms with Gasteiger partial charge in [-0.05, 0) is 47.9 Å². The molecule has 2 aliphatic rings. The Kier molecular flexibility index (Phi) is 8.09. The molecular weight excluding hydrogens is 499 g/mol. The fourth-order valence-corrected chi connectivity index (χ4v) is 5.91. The molecule has 1 aliphatic heterocycles. The van der Waals surface area contributed by atoms with Gasteiger partial charge in [-0.15, -0.1) is 0 Å². The molecule has 0 bridgehead atoms. The summed E-state index contributed by atoms with van der Waals surface area (Å²) in [5.74, 6) is -2.62. The monoisotopic (exact) mass is 536 g/mol. The number of imide groups is 1. The third-order valence-electron chi connectivity index (χ3n) is 7.85. The number of urea groups is 1. The fraction of sp³-hybridized carbons (Fsp3) is 0.467. The molecule has 8 nitrogen and oxygen atoms in total. The molecule has 0 radical (unpaired) electrons. The van der Waals surface area contributed by atoms with Crippen LogP contribution in [0.3, 0.4) is 0 Å². The minimum absolute atomic E-state index is 0.0225. The lowest BCUT2D eigenvalue weighted by molar-refractivity contribution is -0.138. The van der Waals surface area contributed by atoms with Crippen molar-refractivity contribution in [1.82, 2.24) is 4.90 Å². The van der Waals surface area contributed by atoms with Gasteiger partial charge in [0.1, 0.15) is 17.4 Å². The first-order chi connectivity index (χ1) is 18.5. The number of amides is 5. The van der Waals surface area contributed by atoms with E-state index in [9.17, 15) is 19.2 Å². The minimum atomic E-state index is -1.49.